The van der Waals surface area contributed by atoms with Crippen molar-refractivity contribution in [3.8, 4) is 5.75 Å². The normalized spacial score (nSPS) is 12.3. The third-order valence-electron chi connectivity index (χ3n) is 3.44. The van der Waals surface area contributed by atoms with Gasteiger partial charge in [0.25, 0.3) is 5.69 Å². The second-order valence-electron chi connectivity index (χ2n) is 5.23. The SMILES string of the molecule is COc1ccc([N+](=O)[O-])c(N(C)CCC(N)C(C)C)c1. The Kier molecular flexibility index (Phi) is 5.76. The maximum Gasteiger partial charge on any atom is 0.292 e. The Labute approximate surface area is 119 Å². The molecule has 20 heavy (non-hydrogen) atoms. The summed E-state index contributed by atoms with van der Waals surface area (Å²) in [4.78, 5) is 12.6. The van der Waals surface area contributed by atoms with Gasteiger partial charge in [0.05, 0.1) is 12.0 Å². The molecule has 1 unspecified atom stereocenters. The van der Waals surface area contributed by atoms with Crippen LogP contribution in [0, 0.1) is 16.0 Å². The molecule has 1 rings (SSSR count). The number of hydrogen-bond donors (Lipinski definition) is 1. The molecule has 6 nitrogen and oxygen atoms in total. The summed E-state index contributed by atoms with van der Waals surface area (Å²) >= 11 is 0. The Hall–Kier alpha value is -1.82. The fourth-order valence-electron chi connectivity index (χ4n) is 1.89. The van der Waals surface area contributed by atoms with Crippen LogP contribution >= 0.6 is 0 Å². The van der Waals surface area contributed by atoms with E-state index in [1.54, 1.807) is 19.2 Å². The molecule has 112 valence electrons. The molecule has 0 heterocycles. The molecular weight excluding hydrogens is 258 g/mol. The van der Waals surface area contributed by atoms with Crippen LogP contribution < -0.4 is 15.4 Å². The number of ether oxygens (including phenoxy) is 1. The number of rotatable bonds is 7. The van der Waals surface area contributed by atoms with E-state index in [0.29, 0.717) is 23.9 Å². The molecule has 1 aromatic carbocycles. The standard InChI is InChI=1S/C14H23N3O3/c1-10(2)12(15)7-8-16(3)14-9-11(20-4)5-6-13(14)17(18)19/h5-6,9-10,12H,7-8,15H2,1-4H3. The van der Waals surface area contributed by atoms with Gasteiger partial charge in [-0.3, -0.25) is 10.1 Å². The summed E-state index contributed by atoms with van der Waals surface area (Å²) in [6.45, 7) is 4.80. The van der Waals surface area contributed by atoms with Gasteiger partial charge in [-0.25, -0.2) is 0 Å². The molecule has 0 fully saturated rings. The van der Waals surface area contributed by atoms with Gasteiger partial charge in [0.15, 0.2) is 0 Å². The zero-order valence-corrected chi connectivity index (χ0v) is 12.5. The highest BCUT2D eigenvalue weighted by molar-refractivity contribution is 5.65. The van der Waals surface area contributed by atoms with Crippen molar-refractivity contribution in [2.45, 2.75) is 26.3 Å². The van der Waals surface area contributed by atoms with Gasteiger partial charge in [-0.2, -0.15) is 0 Å². The van der Waals surface area contributed by atoms with Crippen LogP contribution in [0.5, 0.6) is 5.75 Å². The second-order valence-corrected chi connectivity index (χ2v) is 5.23. The van der Waals surface area contributed by atoms with Crippen molar-refractivity contribution in [3.05, 3.63) is 28.3 Å². The first-order valence-electron chi connectivity index (χ1n) is 6.66. The van der Waals surface area contributed by atoms with Gasteiger partial charge >= 0.3 is 0 Å². The van der Waals surface area contributed by atoms with Gasteiger partial charge < -0.3 is 15.4 Å². The topological polar surface area (TPSA) is 81.6 Å². The number of anilines is 1. The lowest BCUT2D eigenvalue weighted by molar-refractivity contribution is -0.384. The number of hydrogen-bond acceptors (Lipinski definition) is 5. The van der Waals surface area contributed by atoms with E-state index in [4.69, 9.17) is 10.5 Å². The Bertz CT molecular complexity index is 463. The molecule has 0 bridgehead atoms. The molecule has 6 heteroatoms. The Morgan fingerprint density at radius 2 is 2.10 bits per heavy atom. The van der Waals surface area contributed by atoms with E-state index in [2.05, 4.69) is 13.8 Å². The zero-order chi connectivity index (χ0) is 15.3. The number of benzene rings is 1. The van der Waals surface area contributed by atoms with Crippen LogP contribution in [0.2, 0.25) is 0 Å². The highest BCUT2D eigenvalue weighted by Crippen LogP contribution is 2.31. The van der Waals surface area contributed by atoms with Gasteiger partial charge in [-0.1, -0.05) is 13.8 Å². The number of nitro groups is 1. The van der Waals surface area contributed by atoms with Gasteiger partial charge in [0.2, 0.25) is 0 Å². The van der Waals surface area contributed by atoms with Crippen molar-refractivity contribution in [1.82, 2.24) is 0 Å². The van der Waals surface area contributed by atoms with Crippen molar-refractivity contribution < 1.29 is 9.66 Å². The summed E-state index contributed by atoms with van der Waals surface area (Å²) in [5.41, 5.74) is 6.63. The van der Waals surface area contributed by atoms with Crippen molar-refractivity contribution in [2.75, 3.05) is 25.6 Å². The van der Waals surface area contributed by atoms with E-state index < -0.39 is 0 Å². The Morgan fingerprint density at radius 3 is 2.60 bits per heavy atom. The van der Waals surface area contributed by atoms with E-state index >= 15 is 0 Å². The average Bonchev–Trinajstić information content (AvgIpc) is 2.43. The van der Waals surface area contributed by atoms with Crippen LogP contribution in [0.3, 0.4) is 0 Å². The third-order valence-corrected chi connectivity index (χ3v) is 3.44. The Morgan fingerprint density at radius 1 is 1.45 bits per heavy atom. The molecule has 2 N–H and O–H groups in total. The summed E-state index contributed by atoms with van der Waals surface area (Å²) in [6.07, 6.45) is 0.780. The minimum atomic E-state index is -0.381. The van der Waals surface area contributed by atoms with Crippen LogP contribution in [0.25, 0.3) is 0 Å². The lowest BCUT2D eigenvalue weighted by Gasteiger charge is -2.23. The molecule has 0 saturated carbocycles. The van der Waals surface area contributed by atoms with Crippen LogP contribution in [0.4, 0.5) is 11.4 Å². The first kappa shape index (κ1) is 16.2. The molecule has 0 saturated heterocycles. The van der Waals surface area contributed by atoms with Crippen molar-refractivity contribution >= 4 is 11.4 Å². The first-order valence-corrected chi connectivity index (χ1v) is 6.66. The first-order chi connectivity index (χ1) is 9.36. The average molecular weight is 281 g/mol. The van der Waals surface area contributed by atoms with Crippen LogP contribution in [-0.2, 0) is 0 Å². The lowest BCUT2D eigenvalue weighted by Crippen LogP contribution is -2.32. The highest BCUT2D eigenvalue weighted by Gasteiger charge is 2.19. The van der Waals surface area contributed by atoms with E-state index in [0.717, 1.165) is 6.42 Å². The maximum absolute atomic E-state index is 11.1. The molecule has 0 aromatic heterocycles. The number of methoxy groups -OCH3 is 1. The van der Waals surface area contributed by atoms with E-state index in [1.807, 2.05) is 11.9 Å². The van der Waals surface area contributed by atoms with Gasteiger partial charge in [-0.05, 0) is 18.4 Å². The molecule has 0 amide bonds. The largest absolute Gasteiger partial charge is 0.497 e. The summed E-state index contributed by atoms with van der Waals surface area (Å²) in [6, 6.07) is 4.82. The van der Waals surface area contributed by atoms with Crippen LogP contribution in [-0.4, -0.2) is 31.7 Å². The number of nitro benzene ring substituents is 1. The van der Waals surface area contributed by atoms with Crippen LogP contribution in [0.1, 0.15) is 20.3 Å². The van der Waals surface area contributed by atoms with Gasteiger partial charge in [0, 0.05) is 31.8 Å². The molecule has 0 aliphatic heterocycles. The highest BCUT2D eigenvalue weighted by atomic mass is 16.6. The molecular formula is C14H23N3O3. The quantitative estimate of drug-likeness (QED) is 0.613. The summed E-state index contributed by atoms with van der Waals surface area (Å²) in [5.74, 6) is 0.995. The summed E-state index contributed by atoms with van der Waals surface area (Å²) < 4.78 is 5.13. The maximum atomic E-state index is 11.1. The second kappa shape index (κ2) is 7.09. The van der Waals surface area contributed by atoms with E-state index in [9.17, 15) is 10.1 Å². The number of nitrogens with two attached hydrogens (primary N) is 1. The van der Waals surface area contributed by atoms with Crippen LogP contribution in [0.15, 0.2) is 18.2 Å². The molecule has 0 aliphatic rings. The molecule has 0 spiro atoms. The lowest BCUT2D eigenvalue weighted by atomic mass is 10.0. The zero-order valence-electron chi connectivity index (χ0n) is 12.5. The number of nitrogens with zero attached hydrogens (tertiary/aromatic N) is 2. The fraction of sp³-hybridized carbons (Fsp3) is 0.571. The smallest absolute Gasteiger partial charge is 0.292 e. The Balaban J connectivity index is 2.89. The fourth-order valence-corrected chi connectivity index (χ4v) is 1.89. The van der Waals surface area contributed by atoms with Crippen molar-refractivity contribution in [2.24, 2.45) is 11.7 Å². The molecule has 0 aliphatic carbocycles. The van der Waals surface area contributed by atoms with E-state index in [1.165, 1.54) is 6.07 Å². The third kappa shape index (κ3) is 4.09. The predicted molar refractivity (Wildman–Crippen MR) is 80.3 cm³/mol. The van der Waals surface area contributed by atoms with E-state index in [-0.39, 0.29) is 16.7 Å². The van der Waals surface area contributed by atoms with Gasteiger partial charge in [0.1, 0.15) is 11.4 Å². The summed E-state index contributed by atoms with van der Waals surface area (Å²) in [7, 11) is 3.37. The van der Waals surface area contributed by atoms with Crippen molar-refractivity contribution in [1.29, 1.82) is 0 Å². The van der Waals surface area contributed by atoms with Gasteiger partial charge in [-0.15, -0.1) is 0 Å². The van der Waals surface area contributed by atoms with Crippen molar-refractivity contribution in [3.63, 3.8) is 0 Å². The minimum absolute atomic E-state index is 0.0754. The summed E-state index contributed by atoms with van der Waals surface area (Å²) in [5, 5.41) is 11.1. The molecule has 0 radical (unpaired) electrons. The molecule has 1 aromatic rings. The minimum Gasteiger partial charge on any atom is -0.497 e. The monoisotopic (exact) mass is 281 g/mol. The predicted octanol–water partition coefficient (Wildman–Crippen LogP) is 2.41. The molecule has 1 atom stereocenters.